The summed E-state index contributed by atoms with van der Waals surface area (Å²) in [4.78, 5) is 21.6. The number of anilines is 2. The number of guanidine groups is 2. The molecule has 1 aliphatic rings. The smallest absolute Gasteiger partial charge is 0.332 e. The summed E-state index contributed by atoms with van der Waals surface area (Å²) in [5.41, 5.74) is 12.7. The predicted octanol–water partition coefficient (Wildman–Crippen LogP) is 1.85. The molecule has 0 fully saturated rings. The number of benzene rings is 2. The summed E-state index contributed by atoms with van der Waals surface area (Å²) in [6, 6.07) is 11.6. The Labute approximate surface area is 179 Å². The fourth-order valence-electron chi connectivity index (χ4n) is 3.10. The maximum absolute atomic E-state index is 13.1. The number of hydrogen-bond acceptors (Lipinski definition) is 8. The van der Waals surface area contributed by atoms with Crippen molar-refractivity contribution in [2.75, 3.05) is 10.2 Å². The Morgan fingerprint density at radius 3 is 2.45 bits per heavy atom. The van der Waals surface area contributed by atoms with Crippen molar-refractivity contribution in [3.8, 4) is 0 Å². The lowest BCUT2D eigenvalue weighted by Gasteiger charge is -2.38. The van der Waals surface area contributed by atoms with Crippen LogP contribution in [-0.4, -0.2) is 32.0 Å². The van der Waals surface area contributed by atoms with Gasteiger partial charge in [-0.25, -0.2) is 9.79 Å². The molecule has 6 N–H and O–H groups in total. The molecule has 0 aromatic heterocycles. The average molecular weight is 447 g/mol. The van der Waals surface area contributed by atoms with Crippen LogP contribution >= 0.6 is 0 Å². The summed E-state index contributed by atoms with van der Waals surface area (Å²) >= 11 is 0. The topological polar surface area (TPSA) is 155 Å². The van der Waals surface area contributed by atoms with E-state index in [-0.39, 0.29) is 24.2 Å². The van der Waals surface area contributed by atoms with Crippen LogP contribution in [-0.2, 0) is 16.8 Å². The van der Waals surface area contributed by atoms with E-state index in [9.17, 15) is 17.1 Å². The molecule has 0 aliphatic carbocycles. The summed E-state index contributed by atoms with van der Waals surface area (Å²) in [5.74, 6) is 0.334. The molecule has 0 saturated carbocycles. The van der Waals surface area contributed by atoms with E-state index < -0.39 is 26.8 Å². The normalized spacial score (nSPS) is 15.6. The first kappa shape index (κ1) is 22.0. The molecule has 3 rings (SSSR count). The van der Waals surface area contributed by atoms with Crippen LogP contribution in [0.1, 0.15) is 19.4 Å². The zero-order valence-corrected chi connectivity index (χ0v) is 17.6. The second kappa shape index (κ2) is 8.22. The molecule has 1 aliphatic heterocycles. The fourth-order valence-corrected chi connectivity index (χ4v) is 3.61. The predicted molar refractivity (Wildman–Crippen MR) is 117 cm³/mol. The van der Waals surface area contributed by atoms with Crippen molar-refractivity contribution < 1.29 is 17.1 Å². The lowest BCUT2D eigenvalue weighted by Crippen LogP contribution is -2.54. The van der Waals surface area contributed by atoms with Gasteiger partial charge in [0.2, 0.25) is 11.9 Å². The number of aliphatic imine (C=N–C) groups is 2. The summed E-state index contributed by atoms with van der Waals surface area (Å²) in [6.07, 6.45) is 0. The van der Waals surface area contributed by atoms with E-state index in [0.717, 1.165) is 23.4 Å². The minimum absolute atomic E-state index is 0.111. The van der Waals surface area contributed by atoms with Crippen LogP contribution in [0.2, 0.25) is 0 Å². The van der Waals surface area contributed by atoms with Gasteiger partial charge in [0.05, 0.1) is 0 Å². The van der Waals surface area contributed by atoms with Gasteiger partial charge in [-0.15, -0.1) is 3.89 Å². The molecule has 1 heterocycles. The monoisotopic (exact) mass is 447 g/mol. The van der Waals surface area contributed by atoms with Crippen molar-refractivity contribution in [3.63, 3.8) is 0 Å². The van der Waals surface area contributed by atoms with Crippen LogP contribution < -0.4 is 27.0 Å². The van der Waals surface area contributed by atoms with Gasteiger partial charge in [0.15, 0.2) is 0 Å². The fraction of sp³-hybridized carbons (Fsp3) is 0.211. The molecule has 0 radical (unpaired) electrons. The second-order valence-corrected chi connectivity index (χ2v) is 8.56. The van der Waals surface area contributed by atoms with Crippen molar-refractivity contribution >= 4 is 39.5 Å². The lowest BCUT2D eigenvalue weighted by molar-refractivity contribution is 0.251. The van der Waals surface area contributed by atoms with E-state index in [4.69, 9.17) is 11.5 Å². The first-order valence-electron chi connectivity index (χ1n) is 9.14. The second-order valence-electron chi connectivity index (χ2n) is 7.21. The van der Waals surface area contributed by atoms with Gasteiger partial charge in [-0.2, -0.15) is 13.4 Å². The first-order chi connectivity index (χ1) is 14.5. The number of hydrogen-bond donors (Lipinski definition) is 4. The van der Waals surface area contributed by atoms with Gasteiger partial charge in [-0.3, -0.25) is 4.90 Å². The molecule has 12 heteroatoms. The van der Waals surface area contributed by atoms with Crippen molar-refractivity contribution in [1.82, 2.24) is 5.32 Å². The number of amides is 2. The number of halogens is 1. The third kappa shape index (κ3) is 5.28. The molecule has 0 spiro atoms. The molecule has 0 bridgehead atoms. The number of nitrogens with one attached hydrogen (secondary N) is 2. The number of rotatable bonds is 5. The maximum Gasteiger partial charge on any atom is 0.332 e. The van der Waals surface area contributed by atoms with Gasteiger partial charge in [0, 0.05) is 17.9 Å². The average Bonchev–Trinajstić information content (AvgIpc) is 2.65. The maximum atomic E-state index is 13.1. The lowest BCUT2D eigenvalue weighted by atomic mass is 10.1. The molecule has 2 amide bonds. The minimum Gasteiger partial charge on any atom is -0.369 e. The quantitative estimate of drug-likeness (QED) is 0.513. The van der Waals surface area contributed by atoms with Crippen LogP contribution in [0.5, 0.6) is 0 Å². The summed E-state index contributed by atoms with van der Waals surface area (Å²) < 4.78 is 35.0. The Morgan fingerprint density at radius 1 is 1.16 bits per heavy atom. The molecule has 2 aromatic rings. The third-order valence-corrected chi connectivity index (χ3v) is 5.23. The van der Waals surface area contributed by atoms with Crippen LogP contribution in [0.15, 0.2) is 63.4 Å². The molecule has 10 nitrogen and oxygen atoms in total. The number of nitrogens with two attached hydrogens (primary N) is 2. The van der Waals surface area contributed by atoms with Crippen molar-refractivity contribution in [2.24, 2.45) is 21.5 Å². The van der Waals surface area contributed by atoms with Crippen LogP contribution in [0.25, 0.3) is 0 Å². The van der Waals surface area contributed by atoms with Gasteiger partial charge in [0.1, 0.15) is 10.6 Å². The highest BCUT2D eigenvalue weighted by molar-refractivity contribution is 7.86. The van der Waals surface area contributed by atoms with Gasteiger partial charge in [-0.1, -0.05) is 18.2 Å². The van der Waals surface area contributed by atoms with Crippen LogP contribution in [0, 0.1) is 0 Å². The Morgan fingerprint density at radius 2 is 1.84 bits per heavy atom. The van der Waals surface area contributed by atoms with Gasteiger partial charge in [-0.05, 0) is 49.7 Å². The number of nitrogens with zero attached hydrogens (tertiary/aromatic N) is 3. The van der Waals surface area contributed by atoms with Crippen LogP contribution in [0.3, 0.4) is 0 Å². The zero-order chi connectivity index (χ0) is 22.8. The van der Waals surface area contributed by atoms with Gasteiger partial charge in [0.25, 0.3) is 0 Å². The van der Waals surface area contributed by atoms with E-state index >= 15 is 0 Å². The standard InChI is InChI=1S/C19H22FN7O3S/c1-19(2)26-16(21)25-17(22)27(19)14-8-6-12(7-9-14)11-23-18(28)24-13-4-3-5-15(10-13)31(20,29)30/h3-10H,11H2,1-2H3,(H2,23,24,28)(H4,21,22,25,26). The van der Waals surface area contributed by atoms with Crippen molar-refractivity contribution in [1.29, 1.82) is 0 Å². The molecule has 0 unspecified atom stereocenters. The minimum atomic E-state index is -4.85. The Kier molecular flexibility index (Phi) is 5.84. The zero-order valence-electron chi connectivity index (χ0n) is 16.8. The number of carbonyl (C=O) groups is 1. The Balaban J connectivity index is 1.62. The van der Waals surface area contributed by atoms with E-state index in [1.807, 2.05) is 26.0 Å². The summed E-state index contributed by atoms with van der Waals surface area (Å²) in [6.45, 7) is 3.90. The molecule has 0 saturated heterocycles. The Hall–Kier alpha value is -3.67. The highest BCUT2D eigenvalue weighted by atomic mass is 32.3. The molecule has 31 heavy (non-hydrogen) atoms. The largest absolute Gasteiger partial charge is 0.369 e. The third-order valence-electron chi connectivity index (χ3n) is 4.41. The van der Waals surface area contributed by atoms with E-state index in [1.165, 1.54) is 12.1 Å². The van der Waals surface area contributed by atoms with Crippen molar-refractivity contribution in [3.05, 3.63) is 54.1 Å². The van der Waals surface area contributed by atoms with E-state index in [1.54, 1.807) is 17.0 Å². The van der Waals surface area contributed by atoms with Gasteiger partial charge < -0.3 is 22.1 Å². The first-order valence-corrected chi connectivity index (χ1v) is 10.5. The highest BCUT2D eigenvalue weighted by Gasteiger charge is 2.32. The van der Waals surface area contributed by atoms with E-state index in [2.05, 4.69) is 20.6 Å². The van der Waals surface area contributed by atoms with Gasteiger partial charge >= 0.3 is 16.3 Å². The molecule has 164 valence electrons. The molecular formula is C19H22FN7O3S. The number of urea groups is 1. The van der Waals surface area contributed by atoms with Crippen molar-refractivity contribution in [2.45, 2.75) is 31.0 Å². The van der Waals surface area contributed by atoms with E-state index in [0.29, 0.717) is 0 Å². The summed E-state index contributed by atoms with van der Waals surface area (Å²) in [5, 5.41) is 5.10. The SMILES string of the molecule is CC1(C)N=C(N)N=C(N)N1c1ccc(CNC(=O)Nc2cccc(S(=O)(=O)F)c2)cc1. The Bertz CT molecular complexity index is 1160. The molecule has 2 aromatic carbocycles. The molecular weight excluding hydrogens is 425 g/mol. The number of carbonyl (C=O) groups excluding carboxylic acids is 1. The van der Waals surface area contributed by atoms with Crippen LogP contribution in [0.4, 0.5) is 20.1 Å². The molecule has 0 atom stereocenters. The highest BCUT2D eigenvalue weighted by Crippen LogP contribution is 2.27. The summed E-state index contributed by atoms with van der Waals surface area (Å²) in [7, 11) is -4.85.